The lowest BCUT2D eigenvalue weighted by Crippen LogP contribution is -2.02. The third-order valence-electron chi connectivity index (χ3n) is 2.21. The minimum absolute atomic E-state index is 0.131. The van der Waals surface area contributed by atoms with Crippen LogP contribution in [0, 0.1) is 5.82 Å². The van der Waals surface area contributed by atoms with Crippen LogP contribution in [0.5, 0.6) is 11.6 Å². The van der Waals surface area contributed by atoms with E-state index in [0.717, 1.165) is 10.7 Å². The zero-order valence-electron chi connectivity index (χ0n) is 9.16. The molecular formula is C12H9BrClFN2O. The summed E-state index contributed by atoms with van der Waals surface area (Å²) in [6, 6.07) is 6.46. The first kappa shape index (κ1) is 13.3. The molecule has 0 saturated heterocycles. The predicted octanol–water partition coefficient (Wildman–Crippen LogP) is 3.89. The molecule has 6 heteroatoms. The number of pyridine rings is 1. The first-order chi connectivity index (χ1) is 8.60. The minimum Gasteiger partial charge on any atom is -0.437 e. The van der Waals surface area contributed by atoms with Crippen molar-refractivity contribution in [3.8, 4) is 11.6 Å². The predicted molar refractivity (Wildman–Crippen MR) is 71.3 cm³/mol. The van der Waals surface area contributed by atoms with E-state index in [1.807, 2.05) is 0 Å². The highest BCUT2D eigenvalue weighted by atomic mass is 79.9. The van der Waals surface area contributed by atoms with Gasteiger partial charge in [0.25, 0.3) is 0 Å². The van der Waals surface area contributed by atoms with Gasteiger partial charge in [-0.15, -0.1) is 0 Å². The van der Waals surface area contributed by atoms with Gasteiger partial charge >= 0.3 is 0 Å². The maximum Gasteiger partial charge on any atom is 0.223 e. The number of hydrogen-bond donors (Lipinski definition) is 1. The molecule has 18 heavy (non-hydrogen) atoms. The van der Waals surface area contributed by atoms with Gasteiger partial charge < -0.3 is 10.5 Å². The van der Waals surface area contributed by atoms with Gasteiger partial charge in [-0.2, -0.15) is 0 Å². The first-order valence-corrected chi connectivity index (χ1v) is 6.24. The van der Waals surface area contributed by atoms with Crippen LogP contribution in [0.15, 0.2) is 34.9 Å². The van der Waals surface area contributed by atoms with E-state index in [1.54, 1.807) is 18.2 Å². The highest BCUT2D eigenvalue weighted by molar-refractivity contribution is 9.10. The topological polar surface area (TPSA) is 48.1 Å². The monoisotopic (exact) mass is 330 g/mol. The van der Waals surface area contributed by atoms with E-state index in [4.69, 9.17) is 22.1 Å². The SMILES string of the molecule is NCc1cc(F)cnc1Oc1cc(Br)ccc1Cl. The molecular weight excluding hydrogens is 322 g/mol. The maximum absolute atomic E-state index is 13.0. The Hall–Kier alpha value is -1.17. The number of halogens is 3. The molecule has 0 saturated carbocycles. The van der Waals surface area contributed by atoms with Gasteiger partial charge in [0.05, 0.1) is 11.2 Å². The Bertz CT molecular complexity index is 580. The second-order valence-electron chi connectivity index (χ2n) is 3.50. The number of rotatable bonds is 3. The molecule has 0 aliphatic heterocycles. The number of nitrogens with two attached hydrogens (primary N) is 1. The maximum atomic E-state index is 13.0. The molecule has 0 fully saturated rings. The quantitative estimate of drug-likeness (QED) is 0.928. The number of ether oxygens (including phenoxy) is 1. The summed E-state index contributed by atoms with van der Waals surface area (Å²) in [5.41, 5.74) is 5.99. The molecule has 0 atom stereocenters. The highest BCUT2D eigenvalue weighted by Gasteiger charge is 2.10. The van der Waals surface area contributed by atoms with E-state index in [9.17, 15) is 4.39 Å². The fraction of sp³-hybridized carbons (Fsp3) is 0.0833. The van der Waals surface area contributed by atoms with Gasteiger partial charge in [0.2, 0.25) is 5.88 Å². The van der Waals surface area contributed by atoms with Crippen LogP contribution in [0.2, 0.25) is 5.02 Å². The molecule has 0 bridgehead atoms. The molecule has 0 unspecified atom stereocenters. The summed E-state index contributed by atoms with van der Waals surface area (Å²) in [4.78, 5) is 3.86. The second-order valence-corrected chi connectivity index (χ2v) is 4.82. The van der Waals surface area contributed by atoms with E-state index < -0.39 is 5.82 Å². The van der Waals surface area contributed by atoms with Crippen LogP contribution in [0.3, 0.4) is 0 Å². The molecule has 1 aromatic heterocycles. The van der Waals surface area contributed by atoms with Crippen molar-refractivity contribution < 1.29 is 9.13 Å². The standard InChI is InChI=1S/C12H9BrClFN2O/c13-8-1-2-10(14)11(4-8)18-12-7(5-16)3-9(15)6-17-12/h1-4,6H,5,16H2. The van der Waals surface area contributed by atoms with Crippen LogP contribution in [0.4, 0.5) is 4.39 Å². The van der Waals surface area contributed by atoms with Crippen LogP contribution in [0.1, 0.15) is 5.56 Å². The van der Waals surface area contributed by atoms with Gasteiger partial charge in [0.1, 0.15) is 11.6 Å². The summed E-state index contributed by atoms with van der Waals surface area (Å²) in [6.45, 7) is 0.131. The van der Waals surface area contributed by atoms with E-state index in [0.29, 0.717) is 16.3 Å². The molecule has 3 nitrogen and oxygen atoms in total. The van der Waals surface area contributed by atoms with E-state index >= 15 is 0 Å². The fourth-order valence-electron chi connectivity index (χ4n) is 1.37. The molecule has 1 heterocycles. The number of aromatic nitrogens is 1. The van der Waals surface area contributed by atoms with Crippen LogP contribution < -0.4 is 10.5 Å². The molecule has 94 valence electrons. The Balaban J connectivity index is 2.36. The lowest BCUT2D eigenvalue weighted by atomic mass is 10.2. The largest absolute Gasteiger partial charge is 0.437 e. The molecule has 0 aliphatic rings. The van der Waals surface area contributed by atoms with Crippen molar-refractivity contribution in [2.45, 2.75) is 6.54 Å². The van der Waals surface area contributed by atoms with Crippen molar-refractivity contribution in [3.05, 3.63) is 51.3 Å². The third-order valence-corrected chi connectivity index (χ3v) is 3.02. The first-order valence-electron chi connectivity index (χ1n) is 5.07. The van der Waals surface area contributed by atoms with Gasteiger partial charge in [-0.25, -0.2) is 9.37 Å². The average molecular weight is 332 g/mol. The Kier molecular flexibility index (Phi) is 4.16. The normalized spacial score (nSPS) is 10.4. The van der Waals surface area contributed by atoms with Crippen LogP contribution >= 0.6 is 27.5 Å². The Morgan fingerprint density at radius 3 is 2.89 bits per heavy atom. The number of hydrogen-bond acceptors (Lipinski definition) is 3. The van der Waals surface area contributed by atoms with Gasteiger partial charge in [-0.3, -0.25) is 0 Å². The summed E-state index contributed by atoms with van der Waals surface area (Å²) < 4.78 is 19.4. The molecule has 2 rings (SSSR count). The van der Waals surface area contributed by atoms with Crippen LogP contribution in [-0.4, -0.2) is 4.98 Å². The average Bonchev–Trinajstić information content (AvgIpc) is 2.36. The summed E-state index contributed by atoms with van der Waals surface area (Å²) in [6.07, 6.45) is 1.07. The zero-order valence-corrected chi connectivity index (χ0v) is 11.5. The minimum atomic E-state index is -0.455. The van der Waals surface area contributed by atoms with Crippen molar-refractivity contribution in [1.29, 1.82) is 0 Å². The van der Waals surface area contributed by atoms with Crippen molar-refractivity contribution in [3.63, 3.8) is 0 Å². The van der Waals surface area contributed by atoms with E-state index in [1.165, 1.54) is 6.07 Å². The Morgan fingerprint density at radius 1 is 1.39 bits per heavy atom. The highest BCUT2D eigenvalue weighted by Crippen LogP contribution is 2.32. The molecule has 2 N–H and O–H groups in total. The van der Waals surface area contributed by atoms with Crippen molar-refractivity contribution in [1.82, 2.24) is 4.98 Å². The summed E-state index contributed by atoms with van der Waals surface area (Å²) in [7, 11) is 0. The zero-order chi connectivity index (χ0) is 13.1. The summed E-state index contributed by atoms with van der Waals surface area (Å²) in [5, 5.41) is 0.437. The van der Waals surface area contributed by atoms with E-state index in [2.05, 4.69) is 20.9 Å². The van der Waals surface area contributed by atoms with Gasteiger partial charge in [0.15, 0.2) is 0 Å². The molecule has 0 aliphatic carbocycles. The molecule has 0 spiro atoms. The van der Waals surface area contributed by atoms with Crippen molar-refractivity contribution >= 4 is 27.5 Å². The summed E-state index contributed by atoms with van der Waals surface area (Å²) in [5.74, 6) is 0.224. The molecule has 1 aromatic carbocycles. The van der Waals surface area contributed by atoms with Gasteiger partial charge in [-0.05, 0) is 24.3 Å². The molecule has 0 amide bonds. The lowest BCUT2D eigenvalue weighted by molar-refractivity contribution is 0.452. The second kappa shape index (κ2) is 5.65. The Labute approximate surface area is 117 Å². The third kappa shape index (κ3) is 2.98. The van der Waals surface area contributed by atoms with Crippen molar-refractivity contribution in [2.24, 2.45) is 5.73 Å². The molecule has 0 radical (unpaired) electrons. The lowest BCUT2D eigenvalue weighted by Gasteiger charge is -2.10. The fourth-order valence-corrected chi connectivity index (χ4v) is 1.86. The van der Waals surface area contributed by atoms with Gasteiger partial charge in [0, 0.05) is 16.6 Å². The molecule has 2 aromatic rings. The smallest absolute Gasteiger partial charge is 0.223 e. The number of benzene rings is 1. The number of nitrogens with zero attached hydrogens (tertiary/aromatic N) is 1. The van der Waals surface area contributed by atoms with Gasteiger partial charge in [-0.1, -0.05) is 27.5 Å². The summed E-state index contributed by atoms with van der Waals surface area (Å²) >= 11 is 9.31. The van der Waals surface area contributed by atoms with Crippen LogP contribution in [-0.2, 0) is 6.54 Å². The Morgan fingerprint density at radius 2 is 2.17 bits per heavy atom. The van der Waals surface area contributed by atoms with Crippen molar-refractivity contribution in [2.75, 3.05) is 0 Å². The van der Waals surface area contributed by atoms with Crippen LogP contribution in [0.25, 0.3) is 0 Å². The van der Waals surface area contributed by atoms with E-state index in [-0.39, 0.29) is 12.4 Å².